The Morgan fingerprint density at radius 2 is 1.74 bits per heavy atom. The van der Waals surface area contributed by atoms with E-state index >= 15 is 0 Å². The molecule has 1 aromatic rings. The molecule has 0 aliphatic rings. The largest absolute Gasteiger partial charge is 0.395 e. The van der Waals surface area contributed by atoms with Crippen LogP contribution in [0.5, 0.6) is 0 Å². The number of aliphatic hydroxyl groups excluding tert-OH is 1. The number of aliphatic hydroxyl groups is 1. The zero-order chi connectivity index (χ0) is 14.1. The van der Waals surface area contributed by atoms with Crippen LogP contribution < -0.4 is 0 Å². The lowest BCUT2D eigenvalue weighted by Crippen LogP contribution is -2.36. The van der Waals surface area contributed by atoms with Gasteiger partial charge in [0.1, 0.15) is 0 Å². The van der Waals surface area contributed by atoms with Gasteiger partial charge in [-0.25, -0.2) is 0 Å². The number of rotatable bonds is 9. The van der Waals surface area contributed by atoms with Crippen molar-refractivity contribution in [1.82, 2.24) is 14.8 Å². The summed E-state index contributed by atoms with van der Waals surface area (Å²) in [5, 5.41) is 8.99. The predicted octanol–water partition coefficient (Wildman–Crippen LogP) is 1.53. The van der Waals surface area contributed by atoms with Crippen molar-refractivity contribution in [1.29, 1.82) is 0 Å². The van der Waals surface area contributed by atoms with Gasteiger partial charge in [-0.1, -0.05) is 19.9 Å². The van der Waals surface area contributed by atoms with Gasteiger partial charge in [0.15, 0.2) is 0 Å². The molecular weight excluding hydrogens is 238 g/mol. The van der Waals surface area contributed by atoms with E-state index in [2.05, 4.69) is 40.8 Å². The van der Waals surface area contributed by atoms with Crippen LogP contribution in [-0.4, -0.2) is 59.2 Å². The molecule has 0 aromatic carbocycles. The highest BCUT2D eigenvalue weighted by molar-refractivity contribution is 5.12. The Labute approximate surface area is 117 Å². The summed E-state index contributed by atoms with van der Waals surface area (Å²) >= 11 is 0. The minimum atomic E-state index is 0.238. The molecule has 0 atom stereocenters. The Morgan fingerprint density at radius 1 is 1.05 bits per heavy atom. The molecule has 4 heteroatoms. The molecule has 0 radical (unpaired) electrons. The first kappa shape index (κ1) is 16.1. The Kier molecular flexibility index (Phi) is 7.63. The van der Waals surface area contributed by atoms with E-state index in [1.54, 1.807) is 0 Å². The third-order valence-electron chi connectivity index (χ3n) is 3.42. The summed E-state index contributed by atoms with van der Waals surface area (Å²) in [6, 6.07) is 4.21. The van der Waals surface area contributed by atoms with Crippen LogP contribution in [0.3, 0.4) is 0 Å². The first-order valence-electron chi connectivity index (χ1n) is 7.16. The predicted molar refractivity (Wildman–Crippen MR) is 79.1 cm³/mol. The highest BCUT2D eigenvalue weighted by Gasteiger charge is 2.07. The summed E-state index contributed by atoms with van der Waals surface area (Å²) in [4.78, 5) is 9.02. The second-order valence-corrected chi connectivity index (χ2v) is 4.83. The third kappa shape index (κ3) is 6.14. The van der Waals surface area contributed by atoms with Crippen molar-refractivity contribution in [3.63, 3.8) is 0 Å². The van der Waals surface area contributed by atoms with Gasteiger partial charge in [-0.05, 0) is 31.6 Å². The van der Waals surface area contributed by atoms with E-state index in [1.165, 1.54) is 5.56 Å². The second-order valence-electron chi connectivity index (χ2n) is 4.83. The van der Waals surface area contributed by atoms with Crippen molar-refractivity contribution in [2.24, 2.45) is 0 Å². The van der Waals surface area contributed by atoms with Gasteiger partial charge in [-0.3, -0.25) is 9.88 Å². The molecule has 0 saturated carbocycles. The van der Waals surface area contributed by atoms with Crippen molar-refractivity contribution >= 4 is 0 Å². The van der Waals surface area contributed by atoms with Crippen LogP contribution in [0.4, 0.5) is 0 Å². The van der Waals surface area contributed by atoms with Gasteiger partial charge in [0, 0.05) is 38.1 Å². The average molecular weight is 265 g/mol. The van der Waals surface area contributed by atoms with Gasteiger partial charge in [0.25, 0.3) is 0 Å². The van der Waals surface area contributed by atoms with Crippen LogP contribution in [-0.2, 0) is 6.54 Å². The van der Waals surface area contributed by atoms with Crippen LogP contribution in [0.15, 0.2) is 18.3 Å². The summed E-state index contributed by atoms with van der Waals surface area (Å²) in [7, 11) is 0. The van der Waals surface area contributed by atoms with Gasteiger partial charge in [-0.2, -0.15) is 0 Å². The molecule has 0 aliphatic carbocycles. The topological polar surface area (TPSA) is 39.6 Å². The molecule has 0 saturated heterocycles. The zero-order valence-electron chi connectivity index (χ0n) is 12.5. The number of nitrogens with zero attached hydrogens (tertiary/aromatic N) is 3. The molecular formula is C15H27N3O. The summed E-state index contributed by atoms with van der Waals surface area (Å²) in [5.41, 5.74) is 2.32. The average Bonchev–Trinajstić information content (AvgIpc) is 2.44. The van der Waals surface area contributed by atoms with Crippen molar-refractivity contribution in [3.05, 3.63) is 29.6 Å². The van der Waals surface area contributed by atoms with E-state index < -0.39 is 0 Å². The van der Waals surface area contributed by atoms with Crippen LogP contribution >= 0.6 is 0 Å². The maximum Gasteiger partial charge on any atom is 0.0558 e. The van der Waals surface area contributed by atoms with Crippen molar-refractivity contribution in [2.45, 2.75) is 27.3 Å². The van der Waals surface area contributed by atoms with Gasteiger partial charge in [0.2, 0.25) is 0 Å². The lowest BCUT2D eigenvalue weighted by molar-refractivity contribution is 0.173. The Bertz CT molecular complexity index is 340. The minimum absolute atomic E-state index is 0.238. The monoisotopic (exact) mass is 265 g/mol. The second kappa shape index (κ2) is 9.02. The van der Waals surface area contributed by atoms with E-state index in [0.29, 0.717) is 0 Å². The Hall–Kier alpha value is -0.970. The minimum Gasteiger partial charge on any atom is -0.395 e. The standard InChI is InChI=1S/C15H27N3O/c1-4-17(10-11-19)8-9-18(5-2)13-15-7-6-14(3)16-12-15/h6-7,12,19H,4-5,8-11,13H2,1-3H3. The van der Waals surface area contributed by atoms with E-state index in [4.69, 9.17) is 5.11 Å². The quantitative estimate of drug-likeness (QED) is 0.735. The lowest BCUT2D eigenvalue weighted by Gasteiger charge is -2.25. The van der Waals surface area contributed by atoms with Crippen molar-refractivity contribution < 1.29 is 5.11 Å². The number of pyridine rings is 1. The zero-order valence-corrected chi connectivity index (χ0v) is 12.5. The highest BCUT2D eigenvalue weighted by Crippen LogP contribution is 2.04. The molecule has 0 fully saturated rings. The number of hydrogen-bond acceptors (Lipinski definition) is 4. The molecule has 0 unspecified atom stereocenters. The fourth-order valence-corrected chi connectivity index (χ4v) is 2.05. The van der Waals surface area contributed by atoms with Crippen molar-refractivity contribution in [3.8, 4) is 0 Å². The highest BCUT2D eigenvalue weighted by atomic mass is 16.3. The molecule has 1 aromatic heterocycles. The molecule has 0 bridgehead atoms. The van der Waals surface area contributed by atoms with E-state index in [1.807, 2.05) is 13.1 Å². The van der Waals surface area contributed by atoms with E-state index in [9.17, 15) is 0 Å². The smallest absolute Gasteiger partial charge is 0.0558 e. The van der Waals surface area contributed by atoms with Crippen LogP contribution in [0, 0.1) is 6.92 Å². The number of likely N-dealkylation sites (N-methyl/N-ethyl adjacent to an activating group) is 2. The van der Waals surface area contributed by atoms with Crippen LogP contribution in [0.25, 0.3) is 0 Å². The molecule has 108 valence electrons. The summed E-state index contributed by atoms with van der Waals surface area (Å²) in [6.45, 7) is 12.3. The van der Waals surface area contributed by atoms with Gasteiger partial charge < -0.3 is 10.0 Å². The van der Waals surface area contributed by atoms with Gasteiger partial charge in [-0.15, -0.1) is 0 Å². The SMILES string of the molecule is CCN(CCO)CCN(CC)Cc1ccc(C)nc1. The van der Waals surface area contributed by atoms with E-state index in [-0.39, 0.29) is 6.61 Å². The Morgan fingerprint density at radius 3 is 2.26 bits per heavy atom. The molecule has 4 nitrogen and oxygen atoms in total. The maximum atomic E-state index is 8.99. The molecule has 0 amide bonds. The van der Waals surface area contributed by atoms with Crippen LogP contribution in [0.1, 0.15) is 25.1 Å². The first-order chi connectivity index (χ1) is 9.19. The molecule has 0 aliphatic heterocycles. The Balaban J connectivity index is 2.42. The maximum absolute atomic E-state index is 8.99. The fraction of sp³-hybridized carbons (Fsp3) is 0.667. The molecule has 1 heterocycles. The summed E-state index contributed by atoms with van der Waals surface area (Å²) < 4.78 is 0. The number of aromatic nitrogens is 1. The lowest BCUT2D eigenvalue weighted by atomic mass is 10.2. The van der Waals surface area contributed by atoms with Gasteiger partial charge in [0.05, 0.1) is 6.61 Å². The fourth-order valence-electron chi connectivity index (χ4n) is 2.05. The molecule has 0 spiro atoms. The van der Waals surface area contributed by atoms with Gasteiger partial charge >= 0.3 is 0 Å². The number of hydrogen-bond donors (Lipinski definition) is 1. The third-order valence-corrected chi connectivity index (χ3v) is 3.42. The van der Waals surface area contributed by atoms with Crippen LogP contribution in [0.2, 0.25) is 0 Å². The molecule has 1 N–H and O–H groups in total. The normalized spacial score (nSPS) is 11.5. The summed E-state index contributed by atoms with van der Waals surface area (Å²) in [6.07, 6.45) is 1.96. The molecule has 19 heavy (non-hydrogen) atoms. The number of aryl methyl sites for hydroxylation is 1. The first-order valence-corrected chi connectivity index (χ1v) is 7.16. The summed E-state index contributed by atoms with van der Waals surface area (Å²) in [5.74, 6) is 0. The van der Waals surface area contributed by atoms with E-state index in [0.717, 1.165) is 45.0 Å². The van der Waals surface area contributed by atoms with Crippen molar-refractivity contribution in [2.75, 3.05) is 39.3 Å². The molecule has 1 rings (SSSR count).